The highest BCUT2D eigenvalue weighted by atomic mass is 19.4. The molecule has 2 aromatic carbocycles. The van der Waals surface area contributed by atoms with E-state index < -0.39 is 18.7 Å². The first kappa shape index (κ1) is 25.8. The van der Waals surface area contributed by atoms with Gasteiger partial charge in [0.15, 0.2) is 0 Å². The van der Waals surface area contributed by atoms with Gasteiger partial charge in [0.1, 0.15) is 18.1 Å². The molecule has 37 heavy (non-hydrogen) atoms. The molecule has 192 valence electrons. The van der Waals surface area contributed by atoms with Gasteiger partial charge < -0.3 is 20.1 Å². The number of carboxylic acids is 1. The van der Waals surface area contributed by atoms with Crippen LogP contribution in [0.15, 0.2) is 95.0 Å². The monoisotopic (exact) mass is 509 g/mol. The summed E-state index contributed by atoms with van der Waals surface area (Å²) in [6, 6.07) is 13.9. The van der Waals surface area contributed by atoms with Gasteiger partial charge in [-0.25, -0.2) is 9.79 Å². The molecule has 4 rings (SSSR count). The molecule has 0 spiro atoms. The second-order valence-electron chi connectivity index (χ2n) is 8.72. The van der Waals surface area contributed by atoms with Gasteiger partial charge in [-0.1, -0.05) is 25.6 Å². The van der Waals surface area contributed by atoms with Gasteiger partial charge in [0.05, 0.1) is 12.7 Å². The van der Waals surface area contributed by atoms with E-state index in [4.69, 9.17) is 4.74 Å². The molecule has 6 nitrogen and oxygen atoms in total. The first-order valence-electron chi connectivity index (χ1n) is 11.5. The lowest BCUT2D eigenvalue weighted by Crippen LogP contribution is -2.29. The van der Waals surface area contributed by atoms with Gasteiger partial charge in [-0.2, -0.15) is 13.2 Å². The van der Waals surface area contributed by atoms with E-state index in [9.17, 15) is 23.1 Å². The van der Waals surface area contributed by atoms with Crippen LogP contribution in [0.1, 0.15) is 29.3 Å². The number of fused-ring (bicyclic) bond motifs is 1. The summed E-state index contributed by atoms with van der Waals surface area (Å²) in [5, 5.41) is 11.7. The summed E-state index contributed by atoms with van der Waals surface area (Å²) in [5.41, 5.74) is 4.85. The zero-order valence-corrected chi connectivity index (χ0v) is 20.3. The first-order valence-corrected chi connectivity index (χ1v) is 11.5. The summed E-state index contributed by atoms with van der Waals surface area (Å²) in [6.07, 6.45) is 1.14. The molecule has 0 saturated heterocycles. The predicted octanol–water partition coefficient (Wildman–Crippen LogP) is 6.17. The predicted molar refractivity (Wildman–Crippen MR) is 137 cm³/mol. The fourth-order valence-electron chi connectivity index (χ4n) is 4.32. The number of rotatable bonds is 6. The average Bonchev–Trinajstić information content (AvgIpc) is 2.87. The van der Waals surface area contributed by atoms with Crippen LogP contribution in [0.5, 0.6) is 5.75 Å². The Bertz CT molecular complexity index is 1320. The Kier molecular flexibility index (Phi) is 7.24. The Morgan fingerprint density at radius 2 is 1.86 bits per heavy atom. The number of allylic oxidation sites excluding steroid dienone is 4. The van der Waals surface area contributed by atoms with Crippen LogP contribution in [-0.2, 0) is 0 Å². The summed E-state index contributed by atoms with van der Waals surface area (Å²) >= 11 is 0. The quantitative estimate of drug-likeness (QED) is 0.487. The molecule has 0 bridgehead atoms. The van der Waals surface area contributed by atoms with E-state index in [1.54, 1.807) is 31.5 Å². The Labute approximate surface area is 212 Å². The minimum absolute atomic E-state index is 0.0930. The molecule has 0 radical (unpaired) electrons. The zero-order chi connectivity index (χ0) is 26.7. The van der Waals surface area contributed by atoms with Crippen molar-refractivity contribution in [3.63, 3.8) is 0 Å². The maximum Gasteiger partial charge on any atom is 0.405 e. The summed E-state index contributed by atoms with van der Waals surface area (Å²) in [7, 11) is 1.58. The number of aromatic carboxylic acids is 1. The Hall–Kier alpha value is -4.27. The van der Waals surface area contributed by atoms with Crippen molar-refractivity contribution in [2.24, 2.45) is 10.9 Å². The van der Waals surface area contributed by atoms with Crippen LogP contribution in [0.25, 0.3) is 5.57 Å². The lowest BCUT2D eigenvalue weighted by Gasteiger charge is -2.35. The van der Waals surface area contributed by atoms with Gasteiger partial charge in [-0.05, 0) is 65.9 Å². The number of halogens is 3. The minimum atomic E-state index is -4.36. The number of hydrogen-bond donors (Lipinski definition) is 2. The van der Waals surface area contributed by atoms with Crippen molar-refractivity contribution in [3.8, 4) is 5.75 Å². The van der Waals surface area contributed by atoms with E-state index in [2.05, 4.69) is 16.9 Å². The standard InChI is InChI=1S/C28H26F3N3O3/c1-17-4-13-24(33-16-28(29,30)31)32-14-21-15-34(22-9-11-23(37-3)12-10-22)18(2)26(25(17)21)19-5-7-20(8-6-19)27(35)36/h5-15,17,33H,2,4,16H2,1,3H3,(H,35,36)/b24-13-,32-14?. The van der Waals surface area contributed by atoms with Crippen molar-refractivity contribution in [1.82, 2.24) is 5.32 Å². The molecule has 9 heteroatoms. The highest BCUT2D eigenvalue weighted by molar-refractivity contribution is 6.00. The smallest absolute Gasteiger partial charge is 0.405 e. The highest BCUT2D eigenvalue weighted by Gasteiger charge is 2.30. The van der Waals surface area contributed by atoms with E-state index in [1.807, 2.05) is 42.3 Å². The summed E-state index contributed by atoms with van der Waals surface area (Å²) < 4.78 is 43.6. The number of benzene rings is 2. The van der Waals surface area contributed by atoms with E-state index in [1.165, 1.54) is 12.1 Å². The van der Waals surface area contributed by atoms with Crippen LogP contribution in [0.4, 0.5) is 18.9 Å². The molecule has 1 unspecified atom stereocenters. The lowest BCUT2D eigenvalue weighted by atomic mass is 9.81. The molecular formula is C28H26F3N3O3. The molecule has 0 aromatic heterocycles. The number of nitrogens with zero attached hydrogens (tertiary/aromatic N) is 2. The third-order valence-electron chi connectivity index (χ3n) is 6.17. The molecule has 2 N–H and O–H groups in total. The number of carbonyl (C=O) groups is 1. The molecule has 0 fully saturated rings. The molecule has 2 aromatic rings. The van der Waals surface area contributed by atoms with Crippen LogP contribution in [0.2, 0.25) is 0 Å². The largest absolute Gasteiger partial charge is 0.497 e. The third kappa shape index (κ3) is 5.77. The topological polar surface area (TPSA) is 74.2 Å². The minimum Gasteiger partial charge on any atom is -0.497 e. The Morgan fingerprint density at radius 1 is 1.19 bits per heavy atom. The Morgan fingerprint density at radius 3 is 2.46 bits per heavy atom. The number of hydrogen-bond acceptors (Lipinski definition) is 5. The maximum atomic E-state index is 12.8. The fraction of sp³-hybridized carbons (Fsp3) is 0.214. The van der Waals surface area contributed by atoms with Crippen LogP contribution in [0.3, 0.4) is 0 Å². The van der Waals surface area contributed by atoms with Crippen LogP contribution in [0, 0.1) is 5.92 Å². The molecule has 0 amide bonds. The first-order chi connectivity index (χ1) is 17.6. The molecular weight excluding hydrogens is 483 g/mol. The van der Waals surface area contributed by atoms with E-state index in [0.717, 1.165) is 22.4 Å². The van der Waals surface area contributed by atoms with Gasteiger partial charge in [0, 0.05) is 34.9 Å². The zero-order valence-electron chi connectivity index (χ0n) is 20.3. The second-order valence-corrected chi connectivity index (χ2v) is 8.72. The van der Waals surface area contributed by atoms with Crippen molar-refractivity contribution in [2.45, 2.75) is 19.5 Å². The average molecular weight is 510 g/mol. The van der Waals surface area contributed by atoms with Crippen LogP contribution in [-0.4, -0.2) is 37.1 Å². The van der Waals surface area contributed by atoms with Gasteiger partial charge in [0.25, 0.3) is 0 Å². The number of alkyl halides is 3. The van der Waals surface area contributed by atoms with Crippen molar-refractivity contribution < 1.29 is 27.8 Å². The van der Waals surface area contributed by atoms with E-state index in [0.29, 0.717) is 23.4 Å². The molecule has 0 aliphatic carbocycles. The lowest BCUT2D eigenvalue weighted by molar-refractivity contribution is -0.123. The number of ether oxygens (including phenoxy) is 1. The third-order valence-corrected chi connectivity index (χ3v) is 6.17. The van der Waals surface area contributed by atoms with Crippen molar-refractivity contribution in [3.05, 3.63) is 101 Å². The summed E-state index contributed by atoms with van der Waals surface area (Å²) in [4.78, 5) is 17.6. The van der Waals surface area contributed by atoms with Crippen molar-refractivity contribution in [2.75, 3.05) is 18.6 Å². The summed E-state index contributed by atoms with van der Waals surface area (Å²) in [5.74, 6) is -0.282. The van der Waals surface area contributed by atoms with Gasteiger partial charge >= 0.3 is 12.1 Å². The number of carboxylic acid groups (broad SMARTS) is 1. The normalized spacial score (nSPS) is 19.3. The molecule has 1 atom stereocenters. The van der Waals surface area contributed by atoms with Gasteiger partial charge in [-0.15, -0.1) is 0 Å². The van der Waals surface area contributed by atoms with Gasteiger partial charge in [-0.3, -0.25) is 0 Å². The van der Waals surface area contributed by atoms with Crippen LogP contribution < -0.4 is 15.0 Å². The second kappa shape index (κ2) is 10.4. The van der Waals surface area contributed by atoms with Crippen molar-refractivity contribution >= 4 is 23.4 Å². The van der Waals surface area contributed by atoms with E-state index in [-0.39, 0.29) is 17.3 Å². The fourth-order valence-corrected chi connectivity index (χ4v) is 4.32. The number of aliphatic imine (C=N–C) groups is 1. The maximum absolute atomic E-state index is 12.8. The molecule has 2 aliphatic rings. The van der Waals surface area contributed by atoms with Crippen LogP contribution >= 0.6 is 0 Å². The van der Waals surface area contributed by atoms with Gasteiger partial charge in [0.2, 0.25) is 0 Å². The number of anilines is 1. The highest BCUT2D eigenvalue weighted by Crippen LogP contribution is 2.42. The molecule has 0 saturated carbocycles. The molecule has 2 heterocycles. The number of nitrogens with one attached hydrogen (secondary N) is 1. The van der Waals surface area contributed by atoms with Crippen molar-refractivity contribution in [1.29, 1.82) is 0 Å². The van der Waals surface area contributed by atoms with E-state index >= 15 is 0 Å². The SMILES string of the molecule is C=C1C(c2ccc(C(=O)O)cc2)=C2C(=CN1c1ccc(OC)cc1)C=N/C(NCC(F)(F)F)=C/CC2C. The molecule has 2 aliphatic heterocycles. The number of methoxy groups -OCH3 is 1. The Balaban J connectivity index is 1.82. The summed E-state index contributed by atoms with van der Waals surface area (Å²) in [6.45, 7) is 5.17.